The normalized spacial score (nSPS) is 10.1. The molecule has 3 nitrogen and oxygen atoms in total. The largest absolute Gasteiger partial charge is 0.319 e. The van der Waals surface area contributed by atoms with Gasteiger partial charge in [0.2, 0.25) is 5.78 Å². The van der Waals surface area contributed by atoms with E-state index in [2.05, 4.69) is 5.32 Å². The van der Waals surface area contributed by atoms with Crippen LogP contribution in [0.5, 0.6) is 0 Å². The Hall–Kier alpha value is -2.42. The van der Waals surface area contributed by atoms with E-state index in [0.29, 0.717) is 5.69 Å². The molecule has 0 unspecified atom stereocenters. The Morgan fingerprint density at radius 3 is 2.40 bits per heavy atom. The lowest BCUT2D eigenvalue weighted by Gasteiger charge is -2.08. The standard InChI is InChI=1S/C17H17NO2/c1-12-8-9-13(2)15(10-12)18-17(20)16(19)11-14-6-4-3-5-7-14/h3-10H,11H2,1-2H3,(H,18,20). The number of benzene rings is 2. The zero-order valence-corrected chi connectivity index (χ0v) is 11.6. The molecule has 0 saturated heterocycles. The zero-order chi connectivity index (χ0) is 14.5. The molecule has 1 N–H and O–H groups in total. The van der Waals surface area contributed by atoms with Crippen LogP contribution >= 0.6 is 0 Å². The Balaban J connectivity index is 2.04. The van der Waals surface area contributed by atoms with Gasteiger partial charge in [0.1, 0.15) is 0 Å². The van der Waals surface area contributed by atoms with Gasteiger partial charge in [0.05, 0.1) is 0 Å². The zero-order valence-electron chi connectivity index (χ0n) is 11.6. The van der Waals surface area contributed by atoms with Gasteiger partial charge in [-0.25, -0.2) is 0 Å². The topological polar surface area (TPSA) is 46.2 Å². The number of hydrogen-bond donors (Lipinski definition) is 1. The molecule has 20 heavy (non-hydrogen) atoms. The van der Waals surface area contributed by atoms with Gasteiger partial charge in [0.15, 0.2) is 0 Å². The van der Waals surface area contributed by atoms with Crippen LogP contribution < -0.4 is 5.32 Å². The first-order valence-corrected chi connectivity index (χ1v) is 6.51. The van der Waals surface area contributed by atoms with Gasteiger partial charge in [-0.3, -0.25) is 9.59 Å². The minimum atomic E-state index is -0.567. The smallest absolute Gasteiger partial charge is 0.292 e. The highest BCUT2D eigenvalue weighted by molar-refractivity contribution is 6.41. The molecule has 0 radical (unpaired) electrons. The maximum absolute atomic E-state index is 11.9. The third-order valence-corrected chi connectivity index (χ3v) is 3.10. The molecule has 0 spiro atoms. The van der Waals surface area contributed by atoms with E-state index in [-0.39, 0.29) is 6.42 Å². The van der Waals surface area contributed by atoms with E-state index in [1.807, 2.05) is 62.4 Å². The second-order valence-electron chi connectivity index (χ2n) is 4.86. The van der Waals surface area contributed by atoms with E-state index in [0.717, 1.165) is 16.7 Å². The molecule has 0 atom stereocenters. The molecule has 0 saturated carbocycles. The fraction of sp³-hybridized carbons (Fsp3) is 0.176. The Kier molecular flexibility index (Phi) is 4.31. The van der Waals surface area contributed by atoms with E-state index in [1.165, 1.54) is 0 Å². The summed E-state index contributed by atoms with van der Waals surface area (Å²) >= 11 is 0. The summed E-state index contributed by atoms with van der Waals surface area (Å²) in [5.74, 6) is -1.00. The number of nitrogens with one attached hydrogen (secondary N) is 1. The van der Waals surface area contributed by atoms with Crippen LogP contribution in [0.3, 0.4) is 0 Å². The third kappa shape index (κ3) is 3.54. The Morgan fingerprint density at radius 1 is 1.00 bits per heavy atom. The molecule has 0 aliphatic rings. The predicted molar refractivity (Wildman–Crippen MR) is 79.7 cm³/mol. The van der Waals surface area contributed by atoms with Crippen molar-refractivity contribution >= 4 is 17.4 Å². The second-order valence-corrected chi connectivity index (χ2v) is 4.86. The van der Waals surface area contributed by atoms with Gasteiger partial charge in [-0.2, -0.15) is 0 Å². The third-order valence-electron chi connectivity index (χ3n) is 3.10. The number of rotatable bonds is 4. The van der Waals surface area contributed by atoms with Crippen LogP contribution in [0.2, 0.25) is 0 Å². The molecular weight excluding hydrogens is 250 g/mol. The monoisotopic (exact) mass is 267 g/mol. The van der Waals surface area contributed by atoms with E-state index in [1.54, 1.807) is 0 Å². The molecule has 0 aliphatic heterocycles. The second kappa shape index (κ2) is 6.15. The predicted octanol–water partition coefficient (Wildman–Crippen LogP) is 3.05. The quantitative estimate of drug-likeness (QED) is 0.865. The number of carbonyl (C=O) groups excluding carboxylic acids is 2. The van der Waals surface area contributed by atoms with Crippen molar-refractivity contribution in [2.24, 2.45) is 0 Å². The van der Waals surface area contributed by atoms with Crippen molar-refractivity contribution in [3.05, 3.63) is 65.2 Å². The van der Waals surface area contributed by atoms with Crippen LogP contribution in [0.25, 0.3) is 0 Å². The van der Waals surface area contributed by atoms with Gasteiger partial charge in [0, 0.05) is 12.1 Å². The van der Waals surface area contributed by atoms with E-state index in [4.69, 9.17) is 0 Å². The van der Waals surface area contributed by atoms with Gasteiger partial charge in [-0.15, -0.1) is 0 Å². The van der Waals surface area contributed by atoms with Crippen molar-refractivity contribution in [2.45, 2.75) is 20.3 Å². The lowest BCUT2D eigenvalue weighted by atomic mass is 10.1. The summed E-state index contributed by atoms with van der Waals surface area (Å²) in [6.07, 6.45) is 0.123. The number of anilines is 1. The summed E-state index contributed by atoms with van der Waals surface area (Å²) in [4.78, 5) is 23.8. The fourth-order valence-electron chi connectivity index (χ4n) is 1.92. The van der Waals surface area contributed by atoms with Gasteiger partial charge in [-0.1, -0.05) is 42.5 Å². The van der Waals surface area contributed by atoms with Crippen LogP contribution in [0.4, 0.5) is 5.69 Å². The average molecular weight is 267 g/mol. The van der Waals surface area contributed by atoms with E-state index in [9.17, 15) is 9.59 Å². The van der Waals surface area contributed by atoms with E-state index >= 15 is 0 Å². The van der Waals surface area contributed by atoms with Crippen molar-refractivity contribution < 1.29 is 9.59 Å². The van der Waals surface area contributed by atoms with Crippen molar-refractivity contribution in [1.29, 1.82) is 0 Å². The number of Topliss-reactive ketones (excluding diaryl/α,β-unsaturated/α-hetero) is 1. The minimum absolute atomic E-state index is 0.123. The number of carbonyl (C=O) groups is 2. The summed E-state index contributed by atoms with van der Waals surface area (Å²) in [6, 6.07) is 15.0. The van der Waals surface area contributed by atoms with E-state index < -0.39 is 11.7 Å². The van der Waals surface area contributed by atoms with Crippen LogP contribution in [0.15, 0.2) is 48.5 Å². The van der Waals surface area contributed by atoms with Gasteiger partial charge in [-0.05, 0) is 36.6 Å². The molecule has 102 valence electrons. The number of aryl methyl sites for hydroxylation is 2. The Morgan fingerprint density at radius 2 is 1.70 bits per heavy atom. The first kappa shape index (κ1) is 14.0. The van der Waals surface area contributed by atoms with Crippen LogP contribution in [0, 0.1) is 13.8 Å². The van der Waals surface area contributed by atoms with Crippen LogP contribution in [-0.2, 0) is 16.0 Å². The number of ketones is 1. The molecular formula is C17H17NO2. The first-order valence-electron chi connectivity index (χ1n) is 6.51. The molecule has 2 aromatic rings. The van der Waals surface area contributed by atoms with Crippen molar-refractivity contribution in [1.82, 2.24) is 0 Å². The summed E-state index contributed by atoms with van der Waals surface area (Å²) < 4.78 is 0. The molecule has 0 heterocycles. The van der Waals surface area contributed by atoms with Gasteiger partial charge >= 0.3 is 0 Å². The maximum atomic E-state index is 11.9. The highest BCUT2D eigenvalue weighted by atomic mass is 16.2. The number of amides is 1. The Labute approximate surface area is 118 Å². The van der Waals surface area contributed by atoms with Gasteiger partial charge in [0.25, 0.3) is 5.91 Å². The molecule has 0 aliphatic carbocycles. The summed E-state index contributed by atoms with van der Waals surface area (Å²) in [6.45, 7) is 3.84. The fourth-order valence-corrected chi connectivity index (χ4v) is 1.92. The summed E-state index contributed by atoms with van der Waals surface area (Å²) in [5, 5.41) is 2.68. The SMILES string of the molecule is Cc1ccc(C)c(NC(=O)C(=O)Cc2ccccc2)c1. The molecule has 2 aromatic carbocycles. The molecule has 1 amide bonds. The lowest BCUT2D eigenvalue weighted by molar-refractivity contribution is -0.134. The maximum Gasteiger partial charge on any atom is 0.292 e. The summed E-state index contributed by atoms with van der Waals surface area (Å²) in [5.41, 5.74) is 3.52. The number of hydrogen-bond acceptors (Lipinski definition) is 2. The highest BCUT2D eigenvalue weighted by Gasteiger charge is 2.15. The first-order chi connectivity index (χ1) is 9.56. The van der Waals surface area contributed by atoms with Crippen LogP contribution in [0.1, 0.15) is 16.7 Å². The molecule has 0 bridgehead atoms. The average Bonchev–Trinajstić information content (AvgIpc) is 2.44. The molecule has 0 fully saturated rings. The van der Waals surface area contributed by atoms with Crippen LogP contribution in [-0.4, -0.2) is 11.7 Å². The van der Waals surface area contributed by atoms with Crippen molar-refractivity contribution in [2.75, 3.05) is 5.32 Å². The minimum Gasteiger partial charge on any atom is -0.319 e. The lowest BCUT2D eigenvalue weighted by Crippen LogP contribution is -2.24. The molecule has 2 rings (SSSR count). The molecule has 0 aromatic heterocycles. The highest BCUT2D eigenvalue weighted by Crippen LogP contribution is 2.16. The van der Waals surface area contributed by atoms with Gasteiger partial charge < -0.3 is 5.32 Å². The Bertz CT molecular complexity index is 633. The summed E-state index contributed by atoms with van der Waals surface area (Å²) in [7, 11) is 0. The molecule has 3 heteroatoms. The van der Waals surface area contributed by atoms with Crippen molar-refractivity contribution in [3.63, 3.8) is 0 Å². The van der Waals surface area contributed by atoms with Crippen molar-refractivity contribution in [3.8, 4) is 0 Å².